The number of aryl methyl sites for hydroxylation is 1. The molecule has 0 saturated carbocycles. The van der Waals surface area contributed by atoms with E-state index in [1.165, 1.54) is 18.0 Å². The smallest absolute Gasteiger partial charge is 0.282 e. The topological polar surface area (TPSA) is 104 Å². The number of carbonyl (C=O) groups is 1. The zero-order valence-electron chi connectivity index (χ0n) is 25.4. The summed E-state index contributed by atoms with van der Waals surface area (Å²) in [5.74, 6) is 1.71. The van der Waals surface area contributed by atoms with Crippen LogP contribution < -0.4 is 19.8 Å². The van der Waals surface area contributed by atoms with Crippen molar-refractivity contribution in [3.63, 3.8) is 0 Å². The molecule has 230 valence electrons. The molecule has 1 aromatic heterocycles. The van der Waals surface area contributed by atoms with E-state index in [1.54, 1.807) is 42.3 Å². The van der Waals surface area contributed by atoms with Crippen LogP contribution in [0.3, 0.4) is 0 Å². The number of amides is 1. The van der Waals surface area contributed by atoms with Crippen LogP contribution in [0.15, 0.2) is 58.4 Å². The molecule has 2 heterocycles. The Labute approximate surface area is 260 Å². The van der Waals surface area contributed by atoms with Gasteiger partial charge in [0.25, 0.3) is 11.5 Å². The molecule has 0 aliphatic carbocycles. The minimum absolute atomic E-state index is 0.159. The van der Waals surface area contributed by atoms with Gasteiger partial charge in [-0.25, -0.2) is 4.98 Å². The highest BCUT2D eigenvalue weighted by Gasteiger charge is 2.21. The molecular weight excluding hydrogens is 584 g/mol. The van der Waals surface area contributed by atoms with Crippen molar-refractivity contribution in [2.75, 3.05) is 47.1 Å². The number of benzene rings is 3. The van der Waals surface area contributed by atoms with E-state index in [2.05, 4.69) is 18.9 Å². The molecule has 1 aliphatic heterocycles. The average molecular weight is 619 g/mol. The third kappa shape index (κ3) is 6.41. The van der Waals surface area contributed by atoms with Crippen molar-refractivity contribution in [2.24, 2.45) is 5.10 Å². The molecule has 0 bridgehead atoms. The van der Waals surface area contributed by atoms with Crippen LogP contribution in [-0.4, -0.2) is 73.8 Å². The number of nitrogens with zero attached hydrogens (tertiary/aromatic N) is 4. The van der Waals surface area contributed by atoms with E-state index >= 15 is 0 Å². The fourth-order valence-electron chi connectivity index (χ4n) is 5.12. The Morgan fingerprint density at radius 3 is 2.52 bits per heavy atom. The Bertz CT molecular complexity index is 1780. The van der Waals surface area contributed by atoms with Gasteiger partial charge in [-0.05, 0) is 54.3 Å². The number of halogens is 1. The summed E-state index contributed by atoms with van der Waals surface area (Å²) in [6.07, 6.45) is 1.46. The van der Waals surface area contributed by atoms with Gasteiger partial charge in [-0.1, -0.05) is 37.6 Å². The number of methoxy groups -OCH3 is 2. The van der Waals surface area contributed by atoms with Gasteiger partial charge in [0.05, 0.1) is 44.6 Å². The summed E-state index contributed by atoms with van der Waals surface area (Å²) in [5.41, 5.74) is 3.21. The fraction of sp³-hybridized carbons (Fsp3) is 0.333. The normalized spacial score (nSPS) is 13.6. The first-order chi connectivity index (χ1) is 21.2. The standard InChI is InChI=1S/C33H35ClN4O6/c1-20(2)25-17-26(21(3)14-28(25)41-4)32-36-27-9-7-6-8-24(27)33(40)38(32)35-18-22-15-23(34)16-29(42-5)31(22)44-19-30(39)37-10-12-43-13-11-37/h6-9,14-18,20H,10-13,19H2,1-5H3. The highest BCUT2D eigenvalue weighted by atomic mass is 35.5. The lowest BCUT2D eigenvalue weighted by molar-refractivity contribution is -0.137. The minimum Gasteiger partial charge on any atom is -0.496 e. The fourth-order valence-corrected chi connectivity index (χ4v) is 5.34. The monoisotopic (exact) mass is 618 g/mol. The van der Waals surface area contributed by atoms with E-state index < -0.39 is 0 Å². The maximum Gasteiger partial charge on any atom is 0.282 e. The number of para-hydroxylation sites is 1. The Kier molecular flexibility index (Phi) is 9.51. The van der Waals surface area contributed by atoms with Gasteiger partial charge in [0.15, 0.2) is 23.9 Å². The minimum atomic E-state index is -0.345. The Hall–Kier alpha value is -4.41. The Morgan fingerprint density at radius 2 is 1.82 bits per heavy atom. The van der Waals surface area contributed by atoms with Gasteiger partial charge in [0.2, 0.25) is 0 Å². The molecule has 0 spiro atoms. The molecule has 5 rings (SSSR count). The van der Waals surface area contributed by atoms with Gasteiger partial charge >= 0.3 is 0 Å². The number of carbonyl (C=O) groups excluding carboxylic acids is 1. The number of aromatic nitrogens is 2. The second-order valence-electron chi connectivity index (χ2n) is 10.7. The van der Waals surface area contributed by atoms with Crippen molar-refractivity contribution in [1.29, 1.82) is 0 Å². The second-order valence-corrected chi connectivity index (χ2v) is 11.1. The van der Waals surface area contributed by atoms with E-state index in [9.17, 15) is 9.59 Å². The largest absolute Gasteiger partial charge is 0.496 e. The Morgan fingerprint density at radius 1 is 1.09 bits per heavy atom. The van der Waals surface area contributed by atoms with Crippen LogP contribution in [0.25, 0.3) is 22.3 Å². The van der Waals surface area contributed by atoms with Crippen LogP contribution in [0.2, 0.25) is 5.02 Å². The zero-order valence-corrected chi connectivity index (χ0v) is 26.2. The summed E-state index contributed by atoms with van der Waals surface area (Å²) < 4.78 is 23.8. The van der Waals surface area contributed by atoms with Crippen LogP contribution in [-0.2, 0) is 9.53 Å². The lowest BCUT2D eigenvalue weighted by Crippen LogP contribution is -2.43. The highest BCUT2D eigenvalue weighted by Crippen LogP contribution is 2.36. The maximum absolute atomic E-state index is 13.9. The van der Waals surface area contributed by atoms with Gasteiger partial charge < -0.3 is 23.8 Å². The van der Waals surface area contributed by atoms with Crippen molar-refractivity contribution < 1.29 is 23.7 Å². The quantitative estimate of drug-likeness (QED) is 0.235. The second kappa shape index (κ2) is 13.5. The molecule has 44 heavy (non-hydrogen) atoms. The van der Waals surface area contributed by atoms with Crippen molar-refractivity contribution >= 4 is 34.6 Å². The maximum atomic E-state index is 13.9. The summed E-state index contributed by atoms with van der Waals surface area (Å²) in [6.45, 7) is 7.84. The summed E-state index contributed by atoms with van der Waals surface area (Å²) >= 11 is 6.42. The SMILES string of the molecule is COc1cc(C)c(-c2nc3ccccc3c(=O)n2N=Cc2cc(Cl)cc(OC)c2OCC(=O)N2CCOCC2)cc1C(C)C. The van der Waals surface area contributed by atoms with Gasteiger partial charge in [-0.15, -0.1) is 0 Å². The molecule has 1 aliphatic rings. The van der Waals surface area contributed by atoms with Gasteiger partial charge in [0.1, 0.15) is 5.75 Å². The van der Waals surface area contributed by atoms with Crippen LogP contribution in [0.1, 0.15) is 36.5 Å². The third-order valence-electron chi connectivity index (χ3n) is 7.48. The summed E-state index contributed by atoms with van der Waals surface area (Å²) in [7, 11) is 3.13. The molecule has 3 aromatic carbocycles. The predicted octanol–water partition coefficient (Wildman–Crippen LogP) is 5.29. The molecule has 0 radical (unpaired) electrons. The molecule has 11 heteroatoms. The van der Waals surface area contributed by atoms with Crippen LogP contribution in [0, 0.1) is 6.92 Å². The first kappa shape index (κ1) is 31.0. The molecule has 1 saturated heterocycles. The number of ether oxygens (including phenoxy) is 4. The molecule has 1 fully saturated rings. The van der Waals surface area contributed by atoms with E-state index in [4.69, 9.17) is 35.5 Å². The number of morpholine rings is 1. The number of rotatable bonds is 9. The Balaban J connectivity index is 1.62. The van der Waals surface area contributed by atoms with Gasteiger partial charge in [0, 0.05) is 35.3 Å². The first-order valence-electron chi connectivity index (χ1n) is 14.3. The predicted molar refractivity (Wildman–Crippen MR) is 171 cm³/mol. The zero-order chi connectivity index (χ0) is 31.4. The molecule has 0 unspecified atom stereocenters. The average Bonchev–Trinajstić information content (AvgIpc) is 3.03. The van der Waals surface area contributed by atoms with E-state index in [0.717, 1.165) is 22.4 Å². The summed E-state index contributed by atoms with van der Waals surface area (Å²) in [4.78, 5) is 33.3. The van der Waals surface area contributed by atoms with Crippen LogP contribution in [0.5, 0.6) is 17.2 Å². The first-order valence-corrected chi connectivity index (χ1v) is 14.7. The van der Waals surface area contributed by atoms with Crippen LogP contribution in [0.4, 0.5) is 0 Å². The van der Waals surface area contributed by atoms with E-state index in [-0.39, 0.29) is 29.7 Å². The van der Waals surface area contributed by atoms with E-state index in [0.29, 0.717) is 59.4 Å². The van der Waals surface area contributed by atoms with E-state index in [1.807, 2.05) is 25.1 Å². The molecule has 4 aromatic rings. The summed E-state index contributed by atoms with van der Waals surface area (Å²) in [6, 6.07) is 14.3. The van der Waals surface area contributed by atoms with Gasteiger partial charge in [-0.2, -0.15) is 9.78 Å². The molecule has 1 amide bonds. The molecular formula is C33H35ClN4O6. The highest BCUT2D eigenvalue weighted by molar-refractivity contribution is 6.31. The lowest BCUT2D eigenvalue weighted by atomic mass is 9.96. The third-order valence-corrected chi connectivity index (χ3v) is 7.70. The molecule has 0 N–H and O–H groups in total. The van der Waals surface area contributed by atoms with Crippen LogP contribution >= 0.6 is 11.6 Å². The summed E-state index contributed by atoms with van der Waals surface area (Å²) in [5, 5.41) is 5.42. The number of fused-ring (bicyclic) bond motifs is 1. The van der Waals surface area contributed by atoms with Crippen molar-refractivity contribution in [3.8, 4) is 28.6 Å². The molecule has 0 atom stereocenters. The number of hydrogen-bond acceptors (Lipinski definition) is 8. The molecule has 10 nitrogen and oxygen atoms in total. The number of hydrogen-bond donors (Lipinski definition) is 0. The lowest BCUT2D eigenvalue weighted by Gasteiger charge is -2.27. The van der Waals surface area contributed by atoms with Gasteiger partial charge in [-0.3, -0.25) is 9.59 Å². The van der Waals surface area contributed by atoms with Crippen molar-refractivity contribution in [3.05, 3.63) is 80.6 Å². The van der Waals surface area contributed by atoms with Crippen molar-refractivity contribution in [1.82, 2.24) is 14.6 Å². The van der Waals surface area contributed by atoms with Crippen molar-refractivity contribution in [2.45, 2.75) is 26.7 Å².